The third kappa shape index (κ3) is 2.14. The summed E-state index contributed by atoms with van der Waals surface area (Å²) in [6, 6.07) is 8.79. The van der Waals surface area contributed by atoms with Crippen molar-refractivity contribution in [3.63, 3.8) is 0 Å². The van der Waals surface area contributed by atoms with Gasteiger partial charge in [-0.2, -0.15) is 0 Å². The van der Waals surface area contributed by atoms with Crippen molar-refractivity contribution >= 4 is 17.5 Å². The molecule has 0 radical (unpaired) electrons. The molecule has 2 N–H and O–H groups in total. The maximum absolute atomic E-state index is 12.1. The van der Waals surface area contributed by atoms with Crippen molar-refractivity contribution in [1.82, 2.24) is 0 Å². The summed E-state index contributed by atoms with van der Waals surface area (Å²) in [5.74, 6) is -1.44. The number of hydrogen-bond acceptors (Lipinski definition) is 6. The Morgan fingerprint density at radius 2 is 1.91 bits per heavy atom. The number of nitro groups is 1. The Balaban J connectivity index is 2.04. The Morgan fingerprint density at radius 1 is 1.18 bits per heavy atom. The van der Waals surface area contributed by atoms with Gasteiger partial charge in [0.15, 0.2) is 11.5 Å². The number of carbonyl (C=O) groups is 1. The first-order chi connectivity index (χ1) is 10.5. The molecular formula is C15H9NO6. The van der Waals surface area contributed by atoms with E-state index in [0.717, 1.165) is 12.1 Å². The van der Waals surface area contributed by atoms with Crippen LogP contribution in [0.3, 0.4) is 0 Å². The predicted molar refractivity (Wildman–Crippen MR) is 75.8 cm³/mol. The van der Waals surface area contributed by atoms with Crippen LogP contribution in [0.1, 0.15) is 15.9 Å². The Labute approximate surface area is 123 Å². The summed E-state index contributed by atoms with van der Waals surface area (Å²) in [6.45, 7) is 0. The molecule has 7 heteroatoms. The molecule has 0 bridgehead atoms. The van der Waals surface area contributed by atoms with E-state index in [1.54, 1.807) is 24.3 Å². The zero-order valence-corrected chi connectivity index (χ0v) is 11.0. The zero-order valence-electron chi connectivity index (χ0n) is 11.0. The minimum Gasteiger partial charge on any atom is -0.504 e. The van der Waals surface area contributed by atoms with E-state index in [-0.39, 0.29) is 17.1 Å². The van der Waals surface area contributed by atoms with Crippen molar-refractivity contribution in [1.29, 1.82) is 0 Å². The zero-order chi connectivity index (χ0) is 15.9. The van der Waals surface area contributed by atoms with E-state index in [1.165, 1.54) is 6.08 Å². The minimum absolute atomic E-state index is 0.0133. The molecule has 1 aliphatic heterocycles. The van der Waals surface area contributed by atoms with E-state index >= 15 is 0 Å². The number of phenolic OH excluding ortho intramolecular Hbond substituents is 2. The summed E-state index contributed by atoms with van der Waals surface area (Å²) in [6.07, 6.45) is 1.27. The number of ether oxygens (including phenoxy) is 1. The molecule has 0 spiro atoms. The number of benzene rings is 2. The smallest absolute Gasteiger partial charge is 0.315 e. The van der Waals surface area contributed by atoms with Crippen molar-refractivity contribution < 1.29 is 24.7 Å². The third-order valence-corrected chi connectivity index (χ3v) is 3.16. The van der Waals surface area contributed by atoms with Crippen molar-refractivity contribution in [2.75, 3.05) is 0 Å². The number of nitrogens with zero attached hydrogens (tertiary/aromatic N) is 1. The summed E-state index contributed by atoms with van der Waals surface area (Å²) < 4.78 is 5.39. The van der Waals surface area contributed by atoms with Crippen LogP contribution in [0.15, 0.2) is 42.2 Å². The minimum atomic E-state index is -0.830. The lowest BCUT2D eigenvalue weighted by molar-refractivity contribution is -0.386. The number of nitro benzene ring substituents is 1. The average Bonchev–Trinajstić information content (AvgIpc) is 2.79. The molecule has 110 valence electrons. The molecule has 0 aromatic heterocycles. The lowest BCUT2D eigenvalue weighted by atomic mass is 10.1. The van der Waals surface area contributed by atoms with Gasteiger partial charge in [-0.15, -0.1) is 0 Å². The molecule has 1 aliphatic rings. The lowest BCUT2D eigenvalue weighted by Gasteiger charge is -2.02. The number of carbonyl (C=O) groups excluding carboxylic acids is 1. The number of rotatable bonds is 2. The van der Waals surface area contributed by atoms with Crippen LogP contribution in [-0.4, -0.2) is 20.9 Å². The summed E-state index contributed by atoms with van der Waals surface area (Å²) in [5, 5.41) is 29.8. The van der Waals surface area contributed by atoms with Gasteiger partial charge in [-0.25, -0.2) is 0 Å². The number of fused-ring (bicyclic) bond motifs is 1. The van der Waals surface area contributed by atoms with Gasteiger partial charge in [0.2, 0.25) is 11.5 Å². The molecule has 0 aliphatic carbocycles. The molecule has 0 fully saturated rings. The molecule has 0 saturated heterocycles. The van der Waals surface area contributed by atoms with Crippen LogP contribution in [0.4, 0.5) is 5.69 Å². The van der Waals surface area contributed by atoms with Gasteiger partial charge in [-0.05, 0) is 29.8 Å². The molecule has 2 aromatic rings. The van der Waals surface area contributed by atoms with Crippen LogP contribution in [0, 0.1) is 10.1 Å². The van der Waals surface area contributed by atoms with E-state index in [9.17, 15) is 25.1 Å². The maximum atomic E-state index is 12.1. The van der Waals surface area contributed by atoms with Gasteiger partial charge in [0, 0.05) is 6.07 Å². The van der Waals surface area contributed by atoms with Crippen LogP contribution in [0.2, 0.25) is 0 Å². The Bertz CT molecular complexity index is 840. The van der Waals surface area contributed by atoms with E-state index in [0.29, 0.717) is 11.3 Å². The second kappa shape index (κ2) is 4.88. The molecule has 0 amide bonds. The average molecular weight is 299 g/mol. The third-order valence-electron chi connectivity index (χ3n) is 3.16. The lowest BCUT2D eigenvalue weighted by Crippen LogP contribution is -1.98. The molecule has 1 heterocycles. The largest absolute Gasteiger partial charge is 0.504 e. The van der Waals surface area contributed by atoms with Gasteiger partial charge in [-0.3, -0.25) is 14.9 Å². The fourth-order valence-electron chi connectivity index (χ4n) is 2.13. The Morgan fingerprint density at radius 3 is 2.59 bits per heavy atom. The summed E-state index contributed by atoms with van der Waals surface area (Å²) in [4.78, 5) is 22.1. The van der Waals surface area contributed by atoms with Gasteiger partial charge < -0.3 is 14.9 Å². The highest BCUT2D eigenvalue weighted by Gasteiger charge is 2.27. The molecule has 2 aromatic carbocycles. The highest BCUT2D eigenvalue weighted by Crippen LogP contribution is 2.37. The standard InChI is InChI=1S/C15H9NO6/c17-11-6-8(5-10(15(11)19)16(20)21)7-13-14(18)9-3-1-2-4-12(9)22-13/h1-7,17,19H/b13-7-. The van der Waals surface area contributed by atoms with Crippen molar-refractivity contribution in [3.8, 4) is 17.2 Å². The first-order valence-electron chi connectivity index (χ1n) is 6.21. The highest BCUT2D eigenvalue weighted by atomic mass is 16.6. The summed E-state index contributed by atoms with van der Waals surface area (Å²) in [5.41, 5.74) is -0.0979. The van der Waals surface area contributed by atoms with E-state index < -0.39 is 22.1 Å². The van der Waals surface area contributed by atoms with Gasteiger partial charge >= 0.3 is 5.69 Å². The SMILES string of the molecule is O=C1/C(=C/c2cc(O)c(O)c([N+](=O)[O-])c2)Oc2ccccc21. The second-order valence-electron chi connectivity index (χ2n) is 4.60. The highest BCUT2D eigenvalue weighted by molar-refractivity contribution is 6.14. The van der Waals surface area contributed by atoms with Crippen LogP contribution in [-0.2, 0) is 0 Å². The van der Waals surface area contributed by atoms with Crippen LogP contribution >= 0.6 is 0 Å². The molecule has 0 atom stereocenters. The molecule has 3 rings (SSSR count). The van der Waals surface area contributed by atoms with E-state index in [4.69, 9.17) is 4.74 Å². The van der Waals surface area contributed by atoms with Gasteiger partial charge in [-0.1, -0.05) is 12.1 Å². The summed E-state index contributed by atoms with van der Waals surface area (Å²) in [7, 11) is 0. The number of hydrogen-bond donors (Lipinski definition) is 2. The number of ketones is 1. The topological polar surface area (TPSA) is 110 Å². The van der Waals surface area contributed by atoms with E-state index in [2.05, 4.69) is 0 Å². The molecule has 0 unspecified atom stereocenters. The molecule has 22 heavy (non-hydrogen) atoms. The van der Waals surface area contributed by atoms with Gasteiger partial charge in [0.1, 0.15) is 5.75 Å². The molecule has 7 nitrogen and oxygen atoms in total. The van der Waals surface area contributed by atoms with Crippen LogP contribution < -0.4 is 4.74 Å². The van der Waals surface area contributed by atoms with Gasteiger partial charge in [0.25, 0.3) is 0 Å². The summed E-state index contributed by atoms with van der Waals surface area (Å²) >= 11 is 0. The first-order valence-corrected chi connectivity index (χ1v) is 6.21. The number of allylic oxidation sites excluding steroid dienone is 1. The monoisotopic (exact) mass is 299 g/mol. The molecular weight excluding hydrogens is 290 g/mol. The van der Waals surface area contributed by atoms with Gasteiger partial charge in [0.05, 0.1) is 10.5 Å². The van der Waals surface area contributed by atoms with Crippen molar-refractivity contribution in [2.45, 2.75) is 0 Å². The number of para-hydroxylation sites is 1. The predicted octanol–water partition coefficient (Wildman–Crippen LogP) is 2.62. The molecule has 0 saturated carbocycles. The number of Topliss-reactive ketones (excluding diaryl/α,β-unsaturated/α-hetero) is 1. The number of aromatic hydroxyl groups is 2. The van der Waals surface area contributed by atoms with Crippen LogP contribution in [0.5, 0.6) is 17.2 Å². The van der Waals surface area contributed by atoms with Crippen LogP contribution in [0.25, 0.3) is 6.08 Å². The number of phenols is 2. The fraction of sp³-hybridized carbons (Fsp3) is 0. The maximum Gasteiger partial charge on any atom is 0.315 e. The first kappa shape index (κ1) is 13.6. The van der Waals surface area contributed by atoms with E-state index in [1.807, 2.05) is 0 Å². The van der Waals surface area contributed by atoms with Crippen molar-refractivity contribution in [2.24, 2.45) is 0 Å². The quantitative estimate of drug-likeness (QED) is 0.382. The Hall–Kier alpha value is -3.35. The Kier molecular flexibility index (Phi) is 3.03. The normalized spacial score (nSPS) is 14.7. The second-order valence-corrected chi connectivity index (χ2v) is 4.60. The fourth-order valence-corrected chi connectivity index (χ4v) is 2.13. The van der Waals surface area contributed by atoms with Crippen molar-refractivity contribution in [3.05, 3.63) is 63.4 Å².